The zero-order valence-corrected chi connectivity index (χ0v) is 19.3. The van der Waals surface area contributed by atoms with Crippen molar-refractivity contribution in [1.29, 1.82) is 0 Å². The van der Waals surface area contributed by atoms with Crippen molar-refractivity contribution < 1.29 is 17.9 Å². The summed E-state index contributed by atoms with van der Waals surface area (Å²) in [6, 6.07) is 23.6. The molecule has 0 bridgehead atoms. The van der Waals surface area contributed by atoms with Gasteiger partial charge in [0, 0.05) is 19.5 Å². The molecule has 3 aromatic carbocycles. The third-order valence-corrected chi connectivity index (χ3v) is 7.56. The van der Waals surface area contributed by atoms with Gasteiger partial charge >= 0.3 is 0 Å². The van der Waals surface area contributed by atoms with Gasteiger partial charge in [0.05, 0.1) is 10.6 Å². The Morgan fingerprint density at radius 1 is 0.848 bits per heavy atom. The van der Waals surface area contributed by atoms with E-state index in [-0.39, 0.29) is 12.3 Å². The predicted octanol–water partition coefficient (Wildman–Crippen LogP) is 5.22. The number of carbonyl (C=O) groups is 1. The van der Waals surface area contributed by atoms with Crippen LogP contribution in [-0.2, 0) is 21.2 Å². The topological polar surface area (TPSA) is 75.7 Å². The number of piperidine rings is 1. The lowest BCUT2D eigenvalue weighted by Gasteiger charge is -2.25. The molecule has 1 amide bonds. The highest BCUT2D eigenvalue weighted by Gasteiger charge is 2.25. The molecule has 0 aromatic heterocycles. The normalized spacial score (nSPS) is 14.5. The molecule has 1 heterocycles. The molecule has 7 heteroatoms. The molecular weight excluding hydrogens is 436 g/mol. The summed E-state index contributed by atoms with van der Waals surface area (Å²) < 4.78 is 33.0. The molecule has 1 aliphatic heterocycles. The van der Waals surface area contributed by atoms with E-state index in [9.17, 15) is 13.2 Å². The predicted molar refractivity (Wildman–Crippen MR) is 129 cm³/mol. The van der Waals surface area contributed by atoms with Gasteiger partial charge in [-0.15, -0.1) is 0 Å². The van der Waals surface area contributed by atoms with Crippen LogP contribution in [0.2, 0.25) is 0 Å². The van der Waals surface area contributed by atoms with E-state index in [1.54, 1.807) is 34.6 Å². The number of carbonyl (C=O) groups excluding carboxylic acids is 1. The van der Waals surface area contributed by atoms with Crippen LogP contribution in [0.4, 0.5) is 5.69 Å². The first kappa shape index (κ1) is 23.0. The van der Waals surface area contributed by atoms with Crippen LogP contribution in [0.1, 0.15) is 31.2 Å². The molecule has 6 nitrogen and oxygen atoms in total. The molecule has 0 spiro atoms. The number of aryl methyl sites for hydroxylation is 1. The van der Waals surface area contributed by atoms with Crippen molar-refractivity contribution in [1.82, 2.24) is 4.31 Å². The molecule has 0 saturated carbocycles. The van der Waals surface area contributed by atoms with Crippen molar-refractivity contribution >= 4 is 21.6 Å². The average Bonchev–Trinajstić information content (AvgIpc) is 2.85. The molecule has 33 heavy (non-hydrogen) atoms. The number of rotatable bonds is 8. The minimum absolute atomic E-state index is 0.135. The molecule has 1 N–H and O–H groups in total. The van der Waals surface area contributed by atoms with Crippen molar-refractivity contribution in [2.24, 2.45) is 0 Å². The van der Waals surface area contributed by atoms with E-state index in [1.165, 1.54) is 0 Å². The maximum Gasteiger partial charge on any atom is 0.243 e. The second-order valence-electron chi connectivity index (χ2n) is 8.07. The minimum atomic E-state index is -3.44. The molecule has 3 aromatic rings. The van der Waals surface area contributed by atoms with E-state index >= 15 is 0 Å². The Morgan fingerprint density at radius 3 is 2.24 bits per heavy atom. The Hall–Kier alpha value is -3.16. The van der Waals surface area contributed by atoms with E-state index in [4.69, 9.17) is 4.74 Å². The van der Waals surface area contributed by atoms with Crippen LogP contribution in [0.15, 0.2) is 83.8 Å². The molecule has 1 saturated heterocycles. The fraction of sp³-hybridized carbons (Fsp3) is 0.269. The van der Waals surface area contributed by atoms with Gasteiger partial charge in [0.1, 0.15) is 5.75 Å². The Morgan fingerprint density at radius 2 is 1.52 bits per heavy atom. The summed E-state index contributed by atoms with van der Waals surface area (Å²) in [5, 5.41) is 2.91. The first-order valence-corrected chi connectivity index (χ1v) is 12.7. The van der Waals surface area contributed by atoms with Gasteiger partial charge in [-0.1, -0.05) is 48.9 Å². The van der Waals surface area contributed by atoms with Crippen molar-refractivity contribution in [3.05, 3.63) is 84.4 Å². The summed E-state index contributed by atoms with van der Waals surface area (Å²) in [5.41, 5.74) is 1.52. The van der Waals surface area contributed by atoms with Crippen LogP contribution >= 0.6 is 0 Å². The molecule has 0 aliphatic carbocycles. The number of hydrogen-bond donors (Lipinski definition) is 1. The number of anilines is 1. The largest absolute Gasteiger partial charge is 0.455 e. The number of nitrogens with zero attached hydrogens (tertiary/aromatic N) is 1. The SMILES string of the molecule is O=C(CCc1ccc(S(=O)(=O)N2CCCCC2)cc1)Nc1ccccc1Oc1ccccc1. The summed E-state index contributed by atoms with van der Waals surface area (Å²) >= 11 is 0. The van der Waals surface area contributed by atoms with E-state index in [2.05, 4.69) is 5.32 Å². The smallest absolute Gasteiger partial charge is 0.243 e. The fourth-order valence-corrected chi connectivity index (χ4v) is 5.34. The van der Waals surface area contributed by atoms with Crippen molar-refractivity contribution in [3.63, 3.8) is 0 Å². The van der Waals surface area contributed by atoms with Gasteiger partial charge in [-0.2, -0.15) is 4.31 Å². The second-order valence-corrected chi connectivity index (χ2v) is 10.0. The molecule has 4 rings (SSSR count). The quantitative estimate of drug-likeness (QED) is 0.496. The van der Waals surface area contributed by atoms with Gasteiger partial charge in [-0.3, -0.25) is 4.79 Å². The Labute approximate surface area is 195 Å². The summed E-state index contributed by atoms with van der Waals surface area (Å²) in [6.07, 6.45) is 3.68. The van der Waals surface area contributed by atoms with Gasteiger partial charge in [-0.05, 0) is 61.2 Å². The lowest BCUT2D eigenvalue weighted by atomic mass is 10.1. The molecule has 1 fully saturated rings. The Kier molecular flexibility index (Phi) is 7.42. The van der Waals surface area contributed by atoms with Crippen LogP contribution < -0.4 is 10.1 Å². The van der Waals surface area contributed by atoms with Crippen molar-refractivity contribution in [2.45, 2.75) is 37.0 Å². The van der Waals surface area contributed by atoms with E-state index < -0.39 is 10.0 Å². The van der Waals surface area contributed by atoms with Gasteiger partial charge in [0.15, 0.2) is 5.75 Å². The van der Waals surface area contributed by atoms with Gasteiger partial charge < -0.3 is 10.1 Å². The molecule has 0 atom stereocenters. The third kappa shape index (κ3) is 6.00. The summed E-state index contributed by atoms with van der Waals surface area (Å²) in [6.45, 7) is 1.17. The highest BCUT2D eigenvalue weighted by Crippen LogP contribution is 2.29. The van der Waals surface area contributed by atoms with Crippen molar-refractivity contribution in [3.8, 4) is 11.5 Å². The molecule has 172 valence electrons. The number of para-hydroxylation sites is 3. The average molecular weight is 465 g/mol. The molecule has 0 unspecified atom stereocenters. The van der Waals surface area contributed by atoms with E-state index in [1.807, 2.05) is 48.5 Å². The van der Waals surface area contributed by atoms with Crippen LogP contribution in [0.3, 0.4) is 0 Å². The number of nitrogens with one attached hydrogen (secondary N) is 1. The Balaban J connectivity index is 1.34. The summed E-state index contributed by atoms with van der Waals surface area (Å²) in [5.74, 6) is 1.13. The number of ether oxygens (including phenoxy) is 1. The fourth-order valence-electron chi connectivity index (χ4n) is 3.83. The van der Waals surface area contributed by atoms with Crippen molar-refractivity contribution in [2.75, 3.05) is 18.4 Å². The zero-order valence-electron chi connectivity index (χ0n) is 18.4. The van der Waals surface area contributed by atoms with Crippen LogP contribution in [0.25, 0.3) is 0 Å². The standard InChI is InChI=1S/C26H28N2O4S/c29-26(27-24-11-5-6-12-25(24)32-22-9-3-1-4-10-22)18-15-21-13-16-23(17-14-21)33(30,31)28-19-7-2-8-20-28/h1,3-6,9-14,16-17H,2,7-8,15,18-20H2,(H,27,29). The highest BCUT2D eigenvalue weighted by molar-refractivity contribution is 7.89. The molecule has 0 radical (unpaired) electrons. The monoisotopic (exact) mass is 464 g/mol. The highest BCUT2D eigenvalue weighted by atomic mass is 32.2. The van der Waals surface area contributed by atoms with Crippen LogP contribution in [-0.4, -0.2) is 31.7 Å². The number of hydrogen-bond acceptors (Lipinski definition) is 4. The maximum absolute atomic E-state index is 12.8. The second kappa shape index (κ2) is 10.6. The lowest BCUT2D eigenvalue weighted by molar-refractivity contribution is -0.116. The van der Waals surface area contributed by atoms with Gasteiger partial charge in [0.25, 0.3) is 0 Å². The first-order chi connectivity index (χ1) is 16.0. The van der Waals surface area contributed by atoms with E-state index in [0.29, 0.717) is 41.6 Å². The Bertz CT molecular complexity index is 1170. The summed E-state index contributed by atoms with van der Waals surface area (Å²) in [7, 11) is -3.44. The molecular formula is C26H28N2O4S. The third-order valence-electron chi connectivity index (χ3n) is 5.65. The number of amides is 1. The van der Waals surface area contributed by atoms with Gasteiger partial charge in [-0.25, -0.2) is 8.42 Å². The van der Waals surface area contributed by atoms with E-state index in [0.717, 1.165) is 24.8 Å². The molecule has 1 aliphatic rings. The lowest BCUT2D eigenvalue weighted by Crippen LogP contribution is -2.35. The number of benzene rings is 3. The minimum Gasteiger partial charge on any atom is -0.455 e. The first-order valence-electron chi connectivity index (χ1n) is 11.2. The van der Waals surface area contributed by atoms with Crippen LogP contribution in [0, 0.1) is 0 Å². The van der Waals surface area contributed by atoms with Crippen LogP contribution in [0.5, 0.6) is 11.5 Å². The van der Waals surface area contributed by atoms with Gasteiger partial charge in [0.2, 0.25) is 15.9 Å². The zero-order chi connectivity index (χ0) is 23.1. The maximum atomic E-state index is 12.8. The summed E-state index contributed by atoms with van der Waals surface area (Å²) in [4.78, 5) is 12.9. The number of sulfonamides is 1.